The van der Waals surface area contributed by atoms with Gasteiger partial charge in [0.25, 0.3) is 0 Å². The molecule has 2 unspecified atom stereocenters. The van der Waals surface area contributed by atoms with E-state index >= 15 is 0 Å². The Morgan fingerprint density at radius 2 is 1.28 bits per heavy atom. The van der Waals surface area contributed by atoms with Crippen LogP contribution in [0.1, 0.15) is 0 Å². The number of benzene rings is 2. The zero-order valence-corrected chi connectivity index (χ0v) is 18.7. The average Bonchev–Trinajstić information content (AvgIpc) is 3.08. The van der Waals surface area contributed by atoms with E-state index in [1.165, 1.54) is 0 Å². The van der Waals surface area contributed by atoms with Gasteiger partial charge in [-0.3, -0.25) is 9.13 Å². The molecule has 130 valence electrons. The Labute approximate surface area is 161 Å². The van der Waals surface area contributed by atoms with Gasteiger partial charge < -0.3 is 19.3 Å². The second-order valence-electron chi connectivity index (χ2n) is 4.48. The molecule has 3 aromatic rings. The normalized spacial score (nSPS) is 11.5. The van der Waals surface area contributed by atoms with E-state index in [0.717, 1.165) is 0 Å². The maximum Gasteiger partial charge on any atom is 0.218 e. The van der Waals surface area contributed by atoms with Crippen molar-refractivity contribution >= 4 is 26.7 Å². The first-order valence-electron chi connectivity index (χ1n) is 6.92. The fourth-order valence-electron chi connectivity index (χ4n) is 1.45. The van der Waals surface area contributed by atoms with Crippen LogP contribution in [0.4, 0.5) is 0 Å². The smallest absolute Gasteiger partial charge is 0.218 e. The van der Waals surface area contributed by atoms with E-state index in [4.69, 9.17) is 9.79 Å². The maximum absolute atomic E-state index is 10.4. The van der Waals surface area contributed by atoms with E-state index in [2.05, 4.69) is 11.3 Å². The van der Waals surface area contributed by atoms with Crippen molar-refractivity contribution in [3.63, 3.8) is 0 Å². The Kier molecular flexibility index (Phi) is 13.1. The van der Waals surface area contributed by atoms with Gasteiger partial charge in [0.2, 0.25) is 16.1 Å². The summed E-state index contributed by atoms with van der Waals surface area (Å²) in [6, 6.07) is 17.2. The fourth-order valence-corrected chi connectivity index (χ4v) is 2.41. The first kappa shape index (κ1) is 23.7. The monoisotopic (exact) mass is 429 g/mol. The van der Waals surface area contributed by atoms with Crippen molar-refractivity contribution in [2.75, 3.05) is 0 Å². The maximum atomic E-state index is 10.4. The molecule has 0 aliphatic rings. The van der Waals surface area contributed by atoms with E-state index in [1.807, 2.05) is 25.4 Å². The predicted octanol–water partition coefficient (Wildman–Crippen LogP) is 1.78. The van der Waals surface area contributed by atoms with Crippen LogP contribution in [0, 0.1) is 6.33 Å². The molecule has 1 heterocycles. The van der Waals surface area contributed by atoms with E-state index < -0.39 is 16.1 Å². The van der Waals surface area contributed by atoms with Gasteiger partial charge in [-0.25, -0.2) is 0 Å². The molecule has 0 saturated heterocycles. The molecule has 0 amide bonds. The summed E-state index contributed by atoms with van der Waals surface area (Å²) in [5.74, 6) is 0. The van der Waals surface area contributed by atoms with Crippen LogP contribution in [0.2, 0.25) is 0 Å². The van der Waals surface area contributed by atoms with Crippen LogP contribution in [0.15, 0.2) is 73.1 Å². The van der Waals surface area contributed by atoms with Gasteiger partial charge >= 0.3 is 0 Å². The second-order valence-corrected chi connectivity index (χ2v) is 6.86. The molecule has 1 aromatic heterocycles. The zero-order chi connectivity index (χ0) is 17.8. The van der Waals surface area contributed by atoms with Gasteiger partial charge in [-0.2, -0.15) is 0 Å². The van der Waals surface area contributed by atoms with Crippen molar-refractivity contribution in [3.05, 3.63) is 79.4 Å². The molecule has 0 aliphatic heterocycles. The van der Waals surface area contributed by atoms with Crippen molar-refractivity contribution in [1.29, 1.82) is 0 Å². The van der Waals surface area contributed by atoms with Crippen molar-refractivity contribution in [2.45, 2.75) is 0 Å². The molecule has 9 heteroatoms. The largest absolute Gasteiger partial charge is 0.457 e. The van der Waals surface area contributed by atoms with Crippen LogP contribution in [-0.2, 0) is 35.7 Å². The van der Waals surface area contributed by atoms with Crippen LogP contribution in [0.3, 0.4) is 0 Å². The number of hydrogen-bond acceptors (Lipinski definition) is 3. The van der Waals surface area contributed by atoms with Crippen molar-refractivity contribution in [1.82, 2.24) is 9.55 Å². The molecule has 2 N–H and O–H groups in total. The van der Waals surface area contributed by atoms with Gasteiger partial charge in [-0.15, -0.1) is 12.4 Å². The third kappa shape index (κ3) is 11.0. The first-order valence-corrected chi connectivity index (χ1v) is 9.63. The van der Waals surface area contributed by atoms with E-state index in [9.17, 15) is 9.13 Å². The second kappa shape index (κ2) is 13.9. The van der Waals surface area contributed by atoms with E-state index in [0.29, 0.717) is 10.6 Å². The molecule has 2 aromatic carbocycles. The molecule has 25 heavy (non-hydrogen) atoms. The number of rotatable bonds is 2. The fraction of sp³-hybridized carbons (Fsp3) is 0.0625. The number of imidazole rings is 1. The molecule has 0 aliphatic carbocycles. The predicted molar refractivity (Wildman–Crippen MR) is 96.6 cm³/mol. The van der Waals surface area contributed by atoms with E-state index in [1.54, 1.807) is 59.3 Å². The third-order valence-electron chi connectivity index (χ3n) is 2.62. The summed E-state index contributed by atoms with van der Waals surface area (Å²) < 4.78 is 22.5. The summed E-state index contributed by atoms with van der Waals surface area (Å²) in [4.78, 5) is 20.8. The topological polar surface area (TPSA) is 92.4 Å². The Morgan fingerprint density at radius 1 is 0.880 bits per heavy atom. The van der Waals surface area contributed by atoms with Gasteiger partial charge in [0.05, 0.1) is 0 Å². The summed E-state index contributed by atoms with van der Waals surface area (Å²) in [6.45, 7) is 0. The molecular weight excluding hydrogens is 412 g/mol. The van der Waals surface area contributed by atoms with Crippen molar-refractivity contribution in [2.24, 2.45) is 7.05 Å². The first-order chi connectivity index (χ1) is 11.5. The number of nitrogens with zero attached hydrogens (tertiary/aromatic N) is 2. The molecule has 0 fully saturated rings. The summed E-state index contributed by atoms with van der Waals surface area (Å²) >= 11 is 0. The molecule has 0 radical (unpaired) electrons. The molecule has 0 spiro atoms. The summed E-state index contributed by atoms with van der Waals surface area (Å²) in [5.41, 5.74) is 0. The van der Waals surface area contributed by atoms with Crippen LogP contribution in [0.5, 0.6) is 0 Å². The number of aromatic nitrogens is 2. The van der Waals surface area contributed by atoms with Gasteiger partial charge in [0, 0.05) is 36.4 Å². The third-order valence-corrected chi connectivity index (χ3v) is 4.28. The Bertz CT molecular complexity index is 692. The minimum Gasteiger partial charge on any atom is -0.457 e. The minimum atomic E-state index is -2.46. The summed E-state index contributed by atoms with van der Waals surface area (Å²) in [5, 5.41) is 1.03. The number of aryl methyl sites for hydroxylation is 1. The molecule has 3 rings (SSSR count). The standard InChI is InChI=1S/2C6H7O2P.C4H5N2.Zn/c2*7-9(8)6-4-2-1-3-5-6;1-6-3-2-5-4-6;/h2*1-5,9H,(H,7,8);2-3H,1H3;/q;;-1;. The van der Waals surface area contributed by atoms with Gasteiger partial charge in [0.1, 0.15) is 0 Å². The summed E-state index contributed by atoms with van der Waals surface area (Å²) in [7, 11) is -3.04. The molecular formula is C16H19N2O4P2Zn-. The van der Waals surface area contributed by atoms with Crippen LogP contribution >= 0.6 is 16.1 Å². The summed E-state index contributed by atoms with van der Waals surface area (Å²) in [6.07, 6.45) is 6.19. The molecule has 0 saturated carbocycles. The van der Waals surface area contributed by atoms with Gasteiger partial charge in [-0.05, 0) is 31.3 Å². The SMILES string of the molecule is Cn1[c-]ncc1.O=[PH](O)c1ccccc1.O=[PH](O)c1ccccc1.[Zn]. The van der Waals surface area contributed by atoms with Gasteiger partial charge in [0.15, 0.2) is 0 Å². The van der Waals surface area contributed by atoms with Crippen LogP contribution in [0.25, 0.3) is 0 Å². The zero-order valence-electron chi connectivity index (χ0n) is 13.7. The van der Waals surface area contributed by atoms with Crippen molar-refractivity contribution in [3.8, 4) is 0 Å². The number of hydrogen-bond donors (Lipinski definition) is 2. The quantitative estimate of drug-likeness (QED) is 0.367. The van der Waals surface area contributed by atoms with Crippen molar-refractivity contribution < 1.29 is 38.4 Å². The Balaban J connectivity index is 0.000000346. The van der Waals surface area contributed by atoms with Crippen LogP contribution in [-0.4, -0.2) is 19.3 Å². The molecule has 0 bridgehead atoms. The molecule has 2 atom stereocenters. The Hall–Kier alpha value is -1.35. The average molecular weight is 431 g/mol. The molecule has 6 nitrogen and oxygen atoms in total. The van der Waals surface area contributed by atoms with Gasteiger partial charge in [-0.1, -0.05) is 36.4 Å². The van der Waals surface area contributed by atoms with Crippen LogP contribution < -0.4 is 10.6 Å². The van der Waals surface area contributed by atoms with E-state index in [-0.39, 0.29) is 19.5 Å². The Morgan fingerprint density at radius 3 is 1.44 bits per heavy atom. The minimum absolute atomic E-state index is 0.